The van der Waals surface area contributed by atoms with Gasteiger partial charge >= 0.3 is 0 Å². The number of hydrogen-bond acceptors (Lipinski definition) is 6. The van der Waals surface area contributed by atoms with Gasteiger partial charge in [-0.3, -0.25) is 4.72 Å². The molecule has 6 nitrogen and oxygen atoms in total. The molecule has 0 saturated heterocycles. The lowest BCUT2D eigenvalue weighted by Crippen LogP contribution is -2.12. The van der Waals surface area contributed by atoms with Crippen LogP contribution in [-0.4, -0.2) is 18.4 Å². The summed E-state index contributed by atoms with van der Waals surface area (Å²) in [6, 6.07) is 12.0. The Balaban J connectivity index is 1.47. The van der Waals surface area contributed by atoms with Gasteiger partial charge in [-0.15, -0.1) is 0 Å². The molecule has 0 fully saturated rings. The van der Waals surface area contributed by atoms with Crippen LogP contribution in [0.1, 0.15) is 17.2 Å². The zero-order valence-corrected chi connectivity index (χ0v) is 17.2. The zero-order valence-electron chi connectivity index (χ0n) is 14.8. The number of aryl methyl sites for hydroxylation is 3. The van der Waals surface area contributed by atoms with Gasteiger partial charge in [0.1, 0.15) is 5.76 Å². The van der Waals surface area contributed by atoms with Gasteiger partial charge in [0.15, 0.2) is 11.0 Å². The van der Waals surface area contributed by atoms with Gasteiger partial charge in [0.05, 0.1) is 21.3 Å². The first-order chi connectivity index (χ1) is 13.4. The Labute approximate surface area is 171 Å². The molecule has 144 valence electrons. The van der Waals surface area contributed by atoms with Crippen LogP contribution in [-0.2, 0) is 22.9 Å². The monoisotopic (exact) mass is 433 g/mol. The summed E-state index contributed by atoms with van der Waals surface area (Å²) >= 11 is 7.21. The Morgan fingerprint density at radius 1 is 1.14 bits per heavy atom. The van der Waals surface area contributed by atoms with Crippen molar-refractivity contribution in [2.45, 2.75) is 24.7 Å². The van der Waals surface area contributed by atoms with Crippen LogP contribution in [0, 0.1) is 6.92 Å². The highest BCUT2D eigenvalue weighted by atomic mass is 35.5. The summed E-state index contributed by atoms with van der Waals surface area (Å²) in [5.74, 6) is 1.45. The molecule has 1 N–H and O–H groups in total. The van der Waals surface area contributed by atoms with Crippen LogP contribution < -0.4 is 4.72 Å². The molecule has 9 heteroatoms. The van der Waals surface area contributed by atoms with Crippen LogP contribution in [0.5, 0.6) is 0 Å². The van der Waals surface area contributed by atoms with Crippen LogP contribution in [0.15, 0.2) is 58.0 Å². The van der Waals surface area contributed by atoms with E-state index in [4.69, 9.17) is 16.0 Å². The number of benzene rings is 2. The van der Waals surface area contributed by atoms with E-state index in [0.29, 0.717) is 34.4 Å². The fourth-order valence-corrected chi connectivity index (χ4v) is 4.97. The number of nitrogens with zero attached hydrogens (tertiary/aromatic N) is 2. The van der Waals surface area contributed by atoms with E-state index in [0.717, 1.165) is 16.0 Å². The minimum atomic E-state index is -3.72. The van der Waals surface area contributed by atoms with E-state index >= 15 is 0 Å². The average molecular weight is 434 g/mol. The third-order valence-electron chi connectivity index (χ3n) is 4.10. The first kappa shape index (κ1) is 18.9. The first-order valence-corrected chi connectivity index (χ1v) is 11.2. The van der Waals surface area contributed by atoms with Crippen molar-refractivity contribution >= 4 is 48.3 Å². The lowest BCUT2D eigenvalue weighted by Gasteiger charge is -2.06. The first-order valence-electron chi connectivity index (χ1n) is 8.48. The van der Waals surface area contributed by atoms with Crippen molar-refractivity contribution in [3.8, 4) is 0 Å². The number of rotatable bonds is 6. The molecule has 0 radical (unpaired) electrons. The maximum Gasteiger partial charge on any atom is 0.263 e. The predicted molar refractivity (Wildman–Crippen MR) is 111 cm³/mol. The topological polar surface area (TPSA) is 85.1 Å². The van der Waals surface area contributed by atoms with Crippen molar-refractivity contribution in [2.75, 3.05) is 4.72 Å². The van der Waals surface area contributed by atoms with E-state index in [-0.39, 0.29) is 4.90 Å². The summed E-state index contributed by atoms with van der Waals surface area (Å²) in [7, 11) is -3.72. The van der Waals surface area contributed by atoms with Gasteiger partial charge in [0.2, 0.25) is 0 Å². The number of aromatic nitrogens is 2. The van der Waals surface area contributed by atoms with Gasteiger partial charge in [-0.2, -0.15) is 0 Å². The van der Waals surface area contributed by atoms with Gasteiger partial charge in [-0.1, -0.05) is 35.1 Å². The van der Waals surface area contributed by atoms with E-state index < -0.39 is 10.0 Å². The van der Waals surface area contributed by atoms with Gasteiger partial charge in [0, 0.05) is 11.4 Å². The van der Waals surface area contributed by atoms with Crippen LogP contribution in [0.3, 0.4) is 0 Å². The molecule has 28 heavy (non-hydrogen) atoms. The molecule has 0 aliphatic heterocycles. The maximum absolute atomic E-state index is 12.6. The Bertz CT molecular complexity index is 1230. The molecule has 0 aliphatic rings. The number of fused-ring (bicyclic) bond motifs is 1. The summed E-state index contributed by atoms with van der Waals surface area (Å²) in [5.41, 5.74) is 1.66. The molecule has 0 amide bonds. The Kier molecular flexibility index (Phi) is 5.09. The third-order valence-corrected chi connectivity index (χ3v) is 6.77. The predicted octanol–water partition coefficient (Wildman–Crippen LogP) is 4.83. The molecule has 2 aromatic heterocycles. The highest BCUT2D eigenvalue weighted by Crippen LogP contribution is 2.29. The summed E-state index contributed by atoms with van der Waals surface area (Å²) in [6.45, 7) is 1.85. The number of anilines is 1. The molecule has 0 spiro atoms. The van der Waals surface area contributed by atoms with Gasteiger partial charge in [-0.25, -0.2) is 18.4 Å². The minimum absolute atomic E-state index is 0.181. The molecule has 2 aromatic carbocycles. The second kappa shape index (κ2) is 7.54. The minimum Gasteiger partial charge on any atom is -0.446 e. The molecule has 0 saturated carbocycles. The van der Waals surface area contributed by atoms with Gasteiger partial charge < -0.3 is 4.42 Å². The average Bonchev–Trinajstić information content (AvgIpc) is 3.24. The summed E-state index contributed by atoms with van der Waals surface area (Å²) in [5, 5.41) is 0.864. The number of hydrogen-bond donors (Lipinski definition) is 1. The smallest absolute Gasteiger partial charge is 0.263 e. The lowest BCUT2D eigenvalue weighted by atomic mass is 10.1. The van der Waals surface area contributed by atoms with Crippen molar-refractivity contribution in [1.82, 2.24) is 9.97 Å². The van der Waals surface area contributed by atoms with E-state index in [1.807, 2.05) is 13.0 Å². The lowest BCUT2D eigenvalue weighted by molar-refractivity contribution is 0.470. The standard InChI is InChI=1S/C19H16ClN3O3S2/c1-12-11-21-18(26-12)9-4-13-2-6-15(7-3-13)28(24,25)23-19-22-16-10-14(20)5-8-17(16)27-19/h2-3,5-8,10-11H,4,9H2,1H3,(H,22,23). The van der Waals surface area contributed by atoms with E-state index in [1.165, 1.54) is 11.3 Å². The molecule has 0 unspecified atom stereocenters. The van der Waals surface area contributed by atoms with E-state index in [1.54, 1.807) is 42.6 Å². The zero-order chi connectivity index (χ0) is 19.7. The molecule has 2 heterocycles. The highest BCUT2D eigenvalue weighted by molar-refractivity contribution is 7.93. The molecular formula is C19H16ClN3O3S2. The number of nitrogens with one attached hydrogen (secondary N) is 1. The largest absolute Gasteiger partial charge is 0.446 e. The van der Waals surface area contributed by atoms with Crippen molar-refractivity contribution in [3.63, 3.8) is 0 Å². The van der Waals surface area contributed by atoms with Gasteiger partial charge in [-0.05, 0) is 49.2 Å². The number of sulfonamides is 1. The number of thiazole rings is 1. The number of halogens is 1. The fraction of sp³-hybridized carbons (Fsp3) is 0.158. The molecule has 4 rings (SSSR count). The molecular weight excluding hydrogens is 418 g/mol. The second-order valence-electron chi connectivity index (χ2n) is 6.25. The van der Waals surface area contributed by atoms with Crippen LogP contribution >= 0.6 is 22.9 Å². The molecule has 0 atom stereocenters. The van der Waals surface area contributed by atoms with Crippen molar-refractivity contribution in [3.05, 3.63) is 70.9 Å². The second-order valence-corrected chi connectivity index (χ2v) is 9.39. The quantitative estimate of drug-likeness (QED) is 0.470. The van der Waals surface area contributed by atoms with Gasteiger partial charge in [0.25, 0.3) is 10.0 Å². The van der Waals surface area contributed by atoms with Crippen molar-refractivity contribution < 1.29 is 12.8 Å². The third kappa shape index (κ3) is 4.19. The Morgan fingerprint density at radius 2 is 1.93 bits per heavy atom. The van der Waals surface area contributed by atoms with Crippen LogP contribution in [0.2, 0.25) is 5.02 Å². The molecule has 0 aliphatic carbocycles. The summed E-state index contributed by atoms with van der Waals surface area (Å²) in [6.07, 6.45) is 3.06. The fourth-order valence-electron chi connectivity index (χ4n) is 2.72. The maximum atomic E-state index is 12.6. The molecule has 0 bridgehead atoms. The van der Waals surface area contributed by atoms with Crippen LogP contribution in [0.25, 0.3) is 10.2 Å². The van der Waals surface area contributed by atoms with E-state index in [9.17, 15) is 8.42 Å². The van der Waals surface area contributed by atoms with E-state index in [2.05, 4.69) is 14.7 Å². The SMILES string of the molecule is Cc1cnc(CCc2ccc(S(=O)(=O)Nc3nc4cc(Cl)ccc4s3)cc2)o1. The van der Waals surface area contributed by atoms with Crippen molar-refractivity contribution in [1.29, 1.82) is 0 Å². The Morgan fingerprint density at radius 3 is 2.64 bits per heavy atom. The van der Waals surface area contributed by atoms with Crippen molar-refractivity contribution in [2.24, 2.45) is 0 Å². The summed E-state index contributed by atoms with van der Waals surface area (Å²) < 4.78 is 34.1. The normalized spacial score (nSPS) is 11.8. The highest BCUT2D eigenvalue weighted by Gasteiger charge is 2.17. The summed E-state index contributed by atoms with van der Waals surface area (Å²) in [4.78, 5) is 8.65. The Hall–Kier alpha value is -2.42. The molecule has 4 aromatic rings. The van der Waals surface area contributed by atoms with Crippen LogP contribution in [0.4, 0.5) is 5.13 Å². The number of oxazole rings is 1.